The first-order chi connectivity index (χ1) is 12.0. The van der Waals surface area contributed by atoms with Crippen LogP contribution >= 0.6 is 38.5 Å². The lowest BCUT2D eigenvalue weighted by Gasteiger charge is -2.05. The Morgan fingerprint density at radius 1 is 1.16 bits per heavy atom. The van der Waals surface area contributed by atoms with Gasteiger partial charge in [0, 0.05) is 8.04 Å². The van der Waals surface area contributed by atoms with Gasteiger partial charge in [0.2, 0.25) is 0 Å². The van der Waals surface area contributed by atoms with Gasteiger partial charge < -0.3 is 14.5 Å². The molecule has 0 saturated carbocycles. The molecular formula is C18H12BrFINO3. The molecule has 7 heteroatoms. The van der Waals surface area contributed by atoms with Crippen LogP contribution in [-0.4, -0.2) is 5.91 Å². The van der Waals surface area contributed by atoms with Gasteiger partial charge in [-0.15, -0.1) is 0 Å². The quantitative estimate of drug-likeness (QED) is 0.449. The van der Waals surface area contributed by atoms with E-state index in [1.165, 1.54) is 18.2 Å². The molecule has 0 aliphatic rings. The average Bonchev–Trinajstić information content (AvgIpc) is 3.06. The summed E-state index contributed by atoms with van der Waals surface area (Å²) in [5, 5.41) is 2.48. The Kier molecular flexibility index (Phi) is 5.74. The third kappa shape index (κ3) is 4.82. The molecule has 1 heterocycles. The molecular weight excluding hydrogens is 504 g/mol. The van der Waals surface area contributed by atoms with Crippen molar-refractivity contribution in [1.82, 2.24) is 0 Å². The summed E-state index contributed by atoms with van der Waals surface area (Å²) in [6.07, 6.45) is 0. The van der Waals surface area contributed by atoms with E-state index in [0.29, 0.717) is 16.0 Å². The largest absolute Gasteiger partial charge is 0.486 e. The lowest BCUT2D eigenvalue weighted by molar-refractivity contribution is 0.0992. The van der Waals surface area contributed by atoms with E-state index in [-0.39, 0.29) is 18.1 Å². The first kappa shape index (κ1) is 17.9. The van der Waals surface area contributed by atoms with Crippen molar-refractivity contribution in [2.24, 2.45) is 0 Å². The van der Waals surface area contributed by atoms with Gasteiger partial charge in [-0.25, -0.2) is 4.39 Å². The molecule has 0 unspecified atom stereocenters. The Balaban J connectivity index is 1.62. The fourth-order valence-corrected chi connectivity index (χ4v) is 2.73. The molecule has 1 N–H and O–H groups in total. The number of nitrogens with one attached hydrogen (secondary N) is 1. The van der Waals surface area contributed by atoms with E-state index in [1.807, 2.05) is 24.3 Å². The summed E-state index contributed by atoms with van der Waals surface area (Å²) < 4.78 is 26.5. The third-order valence-electron chi connectivity index (χ3n) is 3.26. The maximum atomic E-state index is 13.8. The number of ether oxygens (including phenoxy) is 1. The van der Waals surface area contributed by atoms with E-state index in [4.69, 9.17) is 9.15 Å². The molecule has 0 atom stereocenters. The summed E-state index contributed by atoms with van der Waals surface area (Å²) in [5.74, 6) is 0.238. The Bertz CT molecular complexity index is 896. The molecule has 4 nitrogen and oxygen atoms in total. The van der Waals surface area contributed by atoms with Crippen LogP contribution in [-0.2, 0) is 6.61 Å². The van der Waals surface area contributed by atoms with Crippen LogP contribution in [0.15, 0.2) is 63.5 Å². The van der Waals surface area contributed by atoms with Gasteiger partial charge in [-0.1, -0.05) is 15.9 Å². The molecule has 3 rings (SSSR count). The smallest absolute Gasteiger partial charge is 0.291 e. The number of rotatable bonds is 5. The highest BCUT2D eigenvalue weighted by Crippen LogP contribution is 2.21. The molecule has 2 aromatic carbocycles. The van der Waals surface area contributed by atoms with Crippen molar-refractivity contribution < 1.29 is 18.3 Å². The summed E-state index contributed by atoms with van der Waals surface area (Å²) in [7, 11) is 0. The van der Waals surface area contributed by atoms with Crippen LogP contribution in [0.2, 0.25) is 0 Å². The van der Waals surface area contributed by atoms with Gasteiger partial charge in [-0.3, -0.25) is 4.79 Å². The van der Waals surface area contributed by atoms with E-state index in [1.54, 1.807) is 12.1 Å². The molecule has 0 aliphatic heterocycles. The second kappa shape index (κ2) is 8.01. The lowest BCUT2D eigenvalue weighted by atomic mass is 10.3. The zero-order valence-electron chi connectivity index (χ0n) is 12.8. The predicted octanol–water partition coefficient (Wildman–Crippen LogP) is 5.62. The minimum Gasteiger partial charge on any atom is -0.486 e. The summed E-state index contributed by atoms with van der Waals surface area (Å²) in [5.41, 5.74) is 0.0845. The van der Waals surface area contributed by atoms with Crippen LogP contribution in [0.5, 0.6) is 5.75 Å². The summed E-state index contributed by atoms with van der Waals surface area (Å²) in [6.45, 7) is 0.195. The fraction of sp³-hybridized carbons (Fsp3) is 0.0556. The molecule has 0 aliphatic carbocycles. The van der Waals surface area contributed by atoms with Crippen molar-refractivity contribution in [2.75, 3.05) is 5.32 Å². The number of benzene rings is 2. The normalized spacial score (nSPS) is 10.5. The van der Waals surface area contributed by atoms with E-state index < -0.39 is 11.7 Å². The van der Waals surface area contributed by atoms with E-state index in [2.05, 4.69) is 43.8 Å². The number of halogens is 3. The molecule has 1 amide bonds. The van der Waals surface area contributed by atoms with Crippen LogP contribution in [0.25, 0.3) is 0 Å². The second-order valence-corrected chi connectivity index (χ2v) is 7.25. The number of hydrogen-bond acceptors (Lipinski definition) is 3. The summed E-state index contributed by atoms with van der Waals surface area (Å²) >= 11 is 5.38. The van der Waals surface area contributed by atoms with Crippen LogP contribution in [0.1, 0.15) is 16.3 Å². The Morgan fingerprint density at radius 2 is 1.92 bits per heavy atom. The van der Waals surface area contributed by atoms with E-state index in [0.717, 1.165) is 3.57 Å². The van der Waals surface area contributed by atoms with Gasteiger partial charge in [0.05, 0.1) is 5.69 Å². The zero-order valence-corrected chi connectivity index (χ0v) is 16.5. The van der Waals surface area contributed by atoms with Crippen LogP contribution in [0.4, 0.5) is 10.1 Å². The monoisotopic (exact) mass is 515 g/mol. The standard InChI is InChI=1S/C18H12BrFINO3/c19-11-1-7-16(15(20)9-11)22-18(23)17-8-6-14(25-17)10-24-13-4-2-12(21)3-5-13/h1-9H,10H2,(H,22,23). The molecule has 0 spiro atoms. The van der Waals surface area contributed by atoms with Crippen molar-refractivity contribution in [3.63, 3.8) is 0 Å². The van der Waals surface area contributed by atoms with Gasteiger partial charge in [-0.05, 0) is 77.2 Å². The Labute approximate surface area is 165 Å². The van der Waals surface area contributed by atoms with E-state index >= 15 is 0 Å². The fourth-order valence-electron chi connectivity index (χ4n) is 2.04. The number of carbonyl (C=O) groups is 1. The molecule has 3 aromatic rings. The summed E-state index contributed by atoms with van der Waals surface area (Å²) in [6, 6.07) is 15.1. The highest BCUT2D eigenvalue weighted by atomic mass is 127. The Morgan fingerprint density at radius 3 is 2.64 bits per heavy atom. The Hall–Kier alpha value is -1.87. The first-order valence-electron chi connectivity index (χ1n) is 7.25. The maximum absolute atomic E-state index is 13.8. The zero-order chi connectivity index (χ0) is 17.8. The number of hydrogen-bond donors (Lipinski definition) is 1. The minimum atomic E-state index is -0.531. The molecule has 0 saturated heterocycles. The molecule has 0 radical (unpaired) electrons. The number of anilines is 1. The number of furan rings is 1. The van der Waals surface area contributed by atoms with Gasteiger partial charge in [0.25, 0.3) is 5.91 Å². The number of amides is 1. The SMILES string of the molecule is O=C(Nc1ccc(Br)cc1F)c1ccc(COc2ccc(I)cc2)o1. The third-order valence-corrected chi connectivity index (χ3v) is 4.47. The van der Waals surface area contributed by atoms with Crippen molar-refractivity contribution in [3.05, 3.63) is 80.0 Å². The highest BCUT2D eigenvalue weighted by Gasteiger charge is 2.14. The van der Waals surface area contributed by atoms with Gasteiger partial charge in [0.15, 0.2) is 5.76 Å². The first-order valence-corrected chi connectivity index (χ1v) is 9.12. The van der Waals surface area contributed by atoms with Crippen LogP contribution in [0, 0.1) is 9.39 Å². The van der Waals surface area contributed by atoms with Crippen molar-refractivity contribution in [2.45, 2.75) is 6.61 Å². The second-order valence-electron chi connectivity index (χ2n) is 5.09. The maximum Gasteiger partial charge on any atom is 0.291 e. The van der Waals surface area contributed by atoms with Gasteiger partial charge in [-0.2, -0.15) is 0 Å². The highest BCUT2D eigenvalue weighted by molar-refractivity contribution is 14.1. The minimum absolute atomic E-state index is 0.0845. The molecule has 1 aromatic heterocycles. The van der Waals surface area contributed by atoms with Crippen LogP contribution < -0.4 is 10.1 Å². The molecule has 128 valence electrons. The molecule has 0 bridgehead atoms. The van der Waals surface area contributed by atoms with Crippen molar-refractivity contribution >= 4 is 50.1 Å². The molecule has 25 heavy (non-hydrogen) atoms. The van der Waals surface area contributed by atoms with E-state index in [9.17, 15) is 9.18 Å². The van der Waals surface area contributed by atoms with Gasteiger partial charge in [0.1, 0.15) is 23.9 Å². The van der Waals surface area contributed by atoms with Crippen molar-refractivity contribution in [1.29, 1.82) is 0 Å². The number of carbonyl (C=O) groups excluding carboxylic acids is 1. The molecule has 0 fully saturated rings. The predicted molar refractivity (Wildman–Crippen MR) is 104 cm³/mol. The average molecular weight is 516 g/mol. The topological polar surface area (TPSA) is 51.5 Å². The lowest BCUT2D eigenvalue weighted by Crippen LogP contribution is -2.12. The van der Waals surface area contributed by atoms with Gasteiger partial charge >= 0.3 is 0 Å². The van der Waals surface area contributed by atoms with Crippen molar-refractivity contribution in [3.8, 4) is 5.75 Å². The van der Waals surface area contributed by atoms with Crippen LogP contribution in [0.3, 0.4) is 0 Å². The summed E-state index contributed by atoms with van der Waals surface area (Å²) in [4.78, 5) is 12.2.